The number of oxime groups is 1. The first-order chi connectivity index (χ1) is 14.3. The molecule has 0 aromatic heterocycles. The zero-order valence-electron chi connectivity index (χ0n) is 15.7. The van der Waals surface area contributed by atoms with E-state index in [2.05, 4.69) is 9.99 Å². The van der Waals surface area contributed by atoms with Crippen molar-refractivity contribution in [3.63, 3.8) is 0 Å². The molecule has 160 valence electrons. The van der Waals surface area contributed by atoms with Gasteiger partial charge < -0.3 is 19.4 Å². The summed E-state index contributed by atoms with van der Waals surface area (Å²) in [6, 6.07) is 11.5. The predicted octanol–water partition coefficient (Wildman–Crippen LogP) is 3.71. The lowest BCUT2D eigenvalue weighted by molar-refractivity contribution is -0.0594. The number of halogens is 3. The van der Waals surface area contributed by atoms with Crippen molar-refractivity contribution in [1.29, 1.82) is 0 Å². The smallest absolute Gasteiger partial charge is 0.338 e. The van der Waals surface area contributed by atoms with Crippen molar-refractivity contribution in [2.24, 2.45) is 5.16 Å². The molecule has 10 heteroatoms. The molecular weight excluding hydrogens is 440 g/mol. The third-order valence-electron chi connectivity index (χ3n) is 3.79. The maximum absolute atomic E-state index is 14.5. The van der Waals surface area contributed by atoms with E-state index < -0.39 is 36.9 Å². The SMILES string of the molecule is CO/N=C/[C@@H](F)[C@H](OC(=O)c1ccc(Cl)cc1)[C@H](O)COC(=O)c1ccc(Cl)cc1. The first-order valence-corrected chi connectivity index (χ1v) is 9.35. The van der Waals surface area contributed by atoms with Crippen LogP contribution in [0.2, 0.25) is 10.0 Å². The van der Waals surface area contributed by atoms with Crippen LogP contribution in [-0.4, -0.2) is 55.4 Å². The van der Waals surface area contributed by atoms with Gasteiger partial charge >= 0.3 is 11.9 Å². The Morgan fingerprint density at radius 1 is 1.03 bits per heavy atom. The third kappa shape index (κ3) is 6.98. The fraction of sp³-hybridized carbons (Fsp3) is 0.250. The van der Waals surface area contributed by atoms with E-state index in [1.807, 2.05) is 0 Å². The molecule has 0 aliphatic carbocycles. The molecule has 0 spiro atoms. The summed E-state index contributed by atoms with van der Waals surface area (Å²) in [6.07, 6.45) is -4.73. The molecule has 0 aliphatic heterocycles. The second kappa shape index (κ2) is 11.5. The molecule has 0 saturated heterocycles. The molecule has 0 radical (unpaired) electrons. The second-order valence-electron chi connectivity index (χ2n) is 5.93. The maximum Gasteiger partial charge on any atom is 0.338 e. The third-order valence-corrected chi connectivity index (χ3v) is 4.29. The number of esters is 2. The monoisotopic (exact) mass is 457 g/mol. The van der Waals surface area contributed by atoms with Crippen LogP contribution in [0.1, 0.15) is 20.7 Å². The van der Waals surface area contributed by atoms with Gasteiger partial charge in [0.1, 0.15) is 19.8 Å². The zero-order valence-corrected chi connectivity index (χ0v) is 17.2. The highest BCUT2D eigenvalue weighted by Crippen LogP contribution is 2.16. The van der Waals surface area contributed by atoms with Crippen LogP contribution in [0.15, 0.2) is 53.7 Å². The molecule has 0 saturated carbocycles. The molecule has 0 heterocycles. The van der Waals surface area contributed by atoms with Crippen LogP contribution in [0.4, 0.5) is 4.39 Å². The van der Waals surface area contributed by atoms with Crippen molar-refractivity contribution >= 4 is 41.4 Å². The number of aliphatic hydroxyl groups is 1. The minimum absolute atomic E-state index is 0.0886. The fourth-order valence-corrected chi connectivity index (χ4v) is 2.51. The van der Waals surface area contributed by atoms with Gasteiger partial charge in [0, 0.05) is 10.0 Å². The Morgan fingerprint density at radius 2 is 1.53 bits per heavy atom. The number of alkyl halides is 1. The Morgan fingerprint density at radius 3 is 2.03 bits per heavy atom. The van der Waals surface area contributed by atoms with Crippen LogP contribution in [0.3, 0.4) is 0 Å². The van der Waals surface area contributed by atoms with Crippen molar-refractivity contribution in [1.82, 2.24) is 0 Å². The molecule has 0 aliphatic rings. The molecule has 0 fully saturated rings. The first kappa shape index (κ1) is 23.6. The summed E-state index contributed by atoms with van der Waals surface area (Å²) in [4.78, 5) is 28.8. The molecule has 0 unspecified atom stereocenters. The molecule has 1 N–H and O–H groups in total. The molecule has 2 aromatic carbocycles. The number of hydrogen-bond donors (Lipinski definition) is 1. The number of carbonyl (C=O) groups is 2. The number of aliphatic hydroxyl groups excluding tert-OH is 1. The van der Waals surface area contributed by atoms with Crippen molar-refractivity contribution in [3.05, 3.63) is 69.7 Å². The van der Waals surface area contributed by atoms with E-state index in [1.165, 1.54) is 55.6 Å². The lowest BCUT2D eigenvalue weighted by Crippen LogP contribution is -2.43. The van der Waals surface area contributed by atoms with Gasteiger partial charge in [-0.1, -0.05) is 28.4 Å². The van der Waals surface area contributed by atoms with Gasteiger partial charge in [-0.25, -0.2) is 14.0 Å². The Bertz CT molecular complexity index is 876. The molecule has 0 bridgehead atoms. The quantitative estimate of drug-likeness (QED) is 0.350. The summed E-state index contributed by atoms with van der Waals surface area (Å²) in [5.74, 6) is -1.68. The van der Waals surface area contributed by atoms with Gasteiger partial charge in [-0.2, -0.15) is 0 Å². The molecule has 30 heavy (non-hydrogen) atoms. The Hall–Kier alpha value is -2.68. The Labute approximate surface area is 181 Å². The number of carbonyl (C=O) groups excluding carboxylic acids is 2. The van der Waals surface area contributed by atoms with Crippen LogP contribution < -0.4 is 0 Å². The highest BCUT2D eigenvalue weighted by Gasteiger charge is 2.33. The van der Waals surface area contributed by atoms with Gasteiger partial charge in [0.25, 0.3) is 0 Å². The number of hydrogen-bond acceptors (Lipinski definition) is 7. The predicted molar refractivity (Wildman–Crippen MR) is 109 cm³/mol. The Balaban J connectivity index is 2.07. The van der Waals surface area contributed by atoms with Crippen molar-refractivity contribution in [2.45, 2.75) is 18.4 Å². The fourth-order valence-electron chi connectivity index (χ4n) is 2.26. The number of benzene rings is 2. The summed E-state index contributed by atoms with van der Waals surface area (Å²) in [7, 11) is 1.20. The second-order valence-corrected chi connectivity index (χ2v) is 6.80. The summed E-state index contributed by atoms with van der Waals surface area (Å²) in [5.41, 5.74) is 0.268. The summed E-state index contributed by atoms with van der Waals surface area (Å²) < 4.78 is 24.6. The summed E-state index contributed by atoms with van der Waals surface area (Å²) in [6.45, 7) is -0.638. The van der Waals surface area contributed by atoms with Crippen LogP contribution in [0.25, 0.3) is 0 Å². The average molecular weight is 458 g/mol. The minimum atomic E-state index is -2.04. The average Bonchev–Trinajstić information content (AvgIpc) is 2.74. The van der Waals surface area contributed by atoms with Gasteiger partial charge in [-0.15, -0.1) is 0 Å². The van der Waals surface area contributed by atoms with Crippen molar-refractivity contribution in [2.75, 3.05) is 13.7 Å². The number of nitrogens with zero attached hydrogens (tertiary/aromatic N) is 1. The van der Waals surface area contributed by atoms with E-state index in [0.717, 1.165) is 0 Å². The molecule has 3 atom stereocenters. The van der Waals surface area contributed by atoms with Gasteiger partial charge in [-0.3, -0.25) is 0 Å². The van der Waals surface area contributed by atoms with E-state index in [-0.39, 0.29) is 11.1 Å². The summed E-state index contributed by atoms with van der Waals surface area (Å²) >= 11 is 11.5. The highest BCUT2D eigenvalue weighted by atomic mass is 35.5. The lowest BCUT2D eigenvalue weighted by Gasteiger charge is -2.24. The maximum atomic E-state index is 14.5. The standard InChI is InChI=1S/C20H18Cl2FNO6/c1-28-24-10-16(23)18(30-20(27)13-4-8-15(22)9-5-13)17(25)11-29-19(26)12-2-6-14(21)7-3-12/h2-10,16-18,25H,11H2,1H3/b24-10+/t16-,17-,18+/m1/s1. The molecule has 0 amide bonds. The number of ether oxygens (including phenoxy) is 2. The van der Waals surface area contributed by atoms with Gasteiger partial charge in [0.2, 0.25) is 0 Å². The topological polar surface area (TPSA) is 94.4 Å². The van der Waals surface area contributed by atoms with Crippen LogP contribution >= 0.6 is 23.2 Å². The summed E-state index contributed by atoms with van der Waals surface area (Å²) in [5, 5.41) is 14.4. The first-order valence-electron chi connectivity index (χ1n) is 8.60. The number of rotatable bonds is 9. The molecule has 2 rings (SSSR count). The lowest BCUT2D eigenvalue weighted by atomic mass is 10.1. The van der Waals surface area contributed by atoms with E-state index in [0.29, 0.717) is 16.3 Å². The molecule has 2 aromatic rings. The van der Waals surface area contributed by atoms with Crippen LogP contribution in [-0.2, 0) is 14.3 Å². The molecular formula is C20H18Cl2FNO6. The van der Waals surface area contributed by atoms with Crippen LogP contribution in [0.5, 0.6) is 0 Å². The van der Waals surface area contributed by atoms with Crippen molar-refractivity contribution < 1.29 is 33.4 Å². The van der Waals surface area contributed by atoms with Crippen molar-refractivity contribution in [3.8, 4) is 0 Å². The normalized spacial score (nSPS) is 14.0. The van der Waals surface area contributed by atoms with Gasteiger partial charge in [0.05, 0.1) is 17.3 Å². The van der Waals surface area contributed by atoms with E-state index in [1.54, 1.807) is 0 Å². The van der Waals surface area contributed by atoms with E-state index in [9.17, 15) is 19.1 Å². The van der Waals surface area contributed by atoms with Gasteiger partial charge in [0.15, 0.2) is 12.3 Å². The zero-order chi connectivity index (χ0) is 22.1. The largest absolute Gasteiger partial charge is 0.459 e. The van der Waals surface area contributed by atoms with E-state index >= 15 is 0 Å². The van der Waals surface area contributed by atoms with E-state index in [4.69, 9.17) is 32.7 Å². The van der Waals surface area contributed by atoms with Gasteiger partial charge in [-0.05, 0) is 48.5 Å². The molecule has 7 nitrogen and oxygen atoms in total. The highest BCUT2D eigenvalue weighted by molar-refractivity contribution is 6.31. The minimum Gasteiger partial charge on any atom is -0.459 e. The van der Waals surface area contributed by atoms with Crippen LogP contribution in [0, 0.1) is 0 Å². The Kier molecular flexibility index (Phi) is 9.04.